The van der Waals surface area contributed by atoms with Gasteiger partial charge >= 0.3 is 5.97 Å². The van der Waals surface area contributed by atoms with E-state index in [1.54, 1.807) is 35.5 Å². The SMILES string of the molecule is CC(=O)Oc1ccc(C(=O)[C@@H]2[C@@H]3C(=O)N(c4cccc5ccccc45)C(=O)[C@@H]3[C@@H]3C=CC=NN23)cc1. The summed E-state index contributed by atoms with van der Waals surface area (Å²) in [5.41, 5.74) is 0.855. The number of esters is 1. The molecule has 0 saturated carbocycles. The fourth-order valence-electron chi connectivity index (χ4n) is 5.50. The number of carbonyl (C=O) groups excluding carboxylic acids is 4. The van der Waals surface area contributed by atoms with Crippen LogP contribution in [0.2, 0.25) is 0 Å². The number of hydrazone groups is 1. The average Bonchev–Trinajstić information content (AvgIpc) is 3.36. The number of amides is 2. The third-order valence-electron chi connectivity index (χ3n) is 6.97. The molecular formula is C28H21N3O5. The highest BCUT2D eigenvalue weighted by molar-refractivity contribution is 6.27. The number of Topliss-reactive ketones (excluding diaryl/α,β-unsaturated/α-hetero) is 1. The molecule has 3 heterocycles. The standard InChI is InChI=1S/C28H21N3O5/c1-16(32)36-19-13-11-18(12-14-19)26(33)25-24-23(22-10-5-15-29-31(22)25)27(34)30(28(24)35)21-9-4-7-17-6-2-3-8-20(17)21/h2-15,22-25H,1H3/t22-,23+,24+,25-/m0/s1. The molecule has 8 nitrogen and oxygen atoms in total. The molecule has 0 spiro atoms. The molecule has 2 amide bonds. The van der Waals surface area contributed by atoms with Crippen molar-refractivity contribution < 1.29 is 23.9 Å². The molecule has 4 atom stereocenters. The maximum atomic E-state index is 13.9. The lowest BCUT2D eigenvalue weighted by Crippen LogP contribution is -2.46. The van der Waals surface area contributed by atoms with Gasteiger partial charge in [-0.05, 0) is 41.8 Å². The van der Waals surface area contributed by atoms with Crippen molar-refractivity contribution in [1.82, 2.24) is 5.01 Å². The van der Waals surface area contributed by atoms with Gasteiger partial charge in [0.1, 0.15) is 11.8 Å². The maximum Gasteiger partial charge on any atom is 0.308 e. The van der Waals surface area contributed by atoms with Crippen LogP contribution in [0.1, 0.15) is 17.3 Å². The van der Waals surface area contributed by atoms with Gasteiger partial charge in [0, 0.05) is 24.1 Å². The number of rotatable bonds is 4. The van der Waals surface area contributed by atoms with Crippen LogP contribution in [0.4, 0.5) is 5.69 Å². The minimum absolute atomic E-state index is 0.314. The molecule has 0 unspecified atom stereocenters. The van der Waals surface area contributed by atoms with Gasteiger partial charge in [0.2, 0.25) is 11.8 Å². The molecular weight excluding hydrogens is 458 g/mol. The summed E-state index contributed by atoms with van der Waals surface area (Å²) in [7, 11) is 0. The Kier molecular flexibility index (Phi) is 5.03. The highest BCUT2D eigenvalue weighted by atomic mass is 16.5. The van der Waals surface area contributed by atoms with Gasteiger partial charge in [-0.2, -0.15) is 5.10 Å². The zero-order valence-corrected chi connectivity index (χ0v) is 19.3. The van der Waals surface area contributed by atoms with Crippen LogP contribution in [0.15, 0.2) is 84.0 Å². The number of allylic oxidation sites excluding steroid dienone is 1. The molecule has 36 heavy (non-hydrogen) atoms. The second-order valence-corrected chi connectivity index (χ2v) is 9.01. The van der Waals surface area contributed by atoms with Gasteiger partial charge in [-0.15, -0.1) is 0 Å². The van der Waals surface area contributed by atoms with Crippen molar-refractivity contribution >= 4 is 46.2 Å². The van der Waals surface area contributed by atoms with E-state index in [0.29, 0.717) is 17.0 Å². The van der Waals surface area contributed by atoms with Gasteiger partial charge < -0.3 is 4.74 Å². The highest BCUT2D eigenvalue weighted by Gasteiger charge is 2.64. The first-order valence-corrected chi connectivity index (χ1v) is 11.6. The monoisotopic (exact) mass is 479 g/mol. The summed E-state index contributed by atoms with van der Waals surface area (Å²) in [5, 5.41) is 7.67. The normalized spacial score (nSPS) is 24.2. The molecule has 178 valence electrons. The smallest absolute Gasteiger partial charge is 0.308 e. The van der Waals surface area contributed by atoms with E-state index in [2.05, 4.69) is 5.10 Å². The summed E-state index contributed by atoms with van der Waals surface area (Å²) in [6.07, 6.45) is 5.11. The number of anilines is 1. The Morgan fingerprint density at radius 3 is 2.39 bits per heavy atom. The molecule has 3 aliphatic rings. The number of nitrogens with zero attached hydrogens (tertiary/aromatic N) is 3. The van der Waals surface area contributed by atoms with Gasteiger partial charge in [-0.3, -0.25) is 24.2 Å². The number of ether oxygens (including phenoxy) is 1. The second-order valence-electron chi connectivity index (χ2n) is 9.01. The average molecular weight is 479 g/mol. The van der Waals surface area contributed by atoms with E-state index in [1.165, 1.54) is 24.0 Å². The van der Waals surface area contributed by atoms with Crippen LogP contribution in [0.3, 0.4) is 0 Å². The number of fused-ring (bicyclic) bond motifs is 4. The summed E-state index contributed by atoms with van der Waals surface area (Å²) in [4.78, 5) is 53.9. The van der Waals surface area contributed by atoms with E-state index in [4.69, 9.17) is 4.74 Å². The zero-order valence-electron chi connectivity index (χ0n) is 19.3. The minimum Gasteiger partial charge on any atom is -0.427 e. The van der Waals surface area contributed by atoms with E-state index in [0.717, 1.165) is 10.8 Å². The van der Waals surface area contributed by atoms with Crippen LogP contribution in [-0.4, -0.2) is 46.9 Å². The fraction of sp³-hybridized carbons (Fsp3) is 0.179. The number of ketones is 1. The van der Waals surface area contributed by atoms with Crippen LogP contribution < -0.4 is 9.64 Å². The molecule has 8 heteroatoms. The molecule has 3 aromatic rings. The zero-order chi connectivity index (χ0) is 25.0. The van der Waals surface area contributed by atoms with Crippen LogP contribution >= 0.6 is 0 Å². The van der Waals surface area contributed by atoms with Crippen molar-refractivity contribution in [2.45, 2.75) is 19.0 Å². The molecule has 0 N–H and O–H groups in total. The maximum absolute atomic E-state index is 13.9. The Hall–Kier alpha value is -4.59. The van der Waals surface area contributed by atoms with Gasteiger partial charge in [0.15, 0.2) is 5.78 Å². The predicted octanol–water partition coefficient (Wildman–Crippen LogP) is 3.36. The molecule has 0 aromatic heterocycles. The molecule has 2 fully saturated rings. The topological polar surface area (TPSA) is 96.3 Å². The van der Waals surface area contributed by atoms with Gasteiger partial charge in [-0.1, -0.05) is 42.5 Å². The van der Waals surface area contributed by atoms with Crippen molar-refractivity contribution in [3.05, 3.63) is 84.4 Å². The van der Waals surface area contributed by atoms with E-state index in [1.807, 2.05) is 42.5 Å². The number of benzene rings is 3. The lowest BCUT2D eigenvalue weighted by molar-refractivity contribution is -0.132. The third kappa shape index (κ3) is 3.25. The number of hydrogen-bond acceptors (Lipinski definition) is 7. The van der Waals surface area contributed by atoms with Crippen molar-refractivity contribution in [2.24, 2.45) is 16.9 Å². The lowest BCUT2D eigenvalue weighted by Gasteiger charge is -2.30. The number of carbonyl (C=O) groups is 4. The van der Waals surface area contributed by atoms with Gasteiger partial charge in [-0.25, -0.2) is 4.90 Å². The molecule has 6 rings (SSSR count). The quantitative estimate of drug-likeness (QED) is 0.246. The van der Waals surface area contributed by atoms with E-state index in [9.17, 15) is 19.2 Å². The molecule has 0 bridgehead atoms. The van der Waals surface area contributed by atoms with Crippen molar-refractivity contribution in [3.8, 4) is 5.75 Å². The summed E-state index contributed by atoms with van der Waals surface area (Å²) < 4.78 is 5.06. The molecule has 3 aromatic carbocycles. The molecule has 0 aliphatic carbocycles. The lowest BCUT2D eigenvalue weighted by atomic mass is 9.86. The Morgan fingerprint density at radius 1 is 0.889 bits per heavy atom. The number of imide groups is 1. The van der Waals surface area contributed by atoms with Crippen LogP contribution in [0.25, 0.3) is 10.8 Å². The van der Waals surface area contributed by atoms with Crippen molar-refractivity contribution in [1.29, 1.82) is 0 Å². The molecule has 0 radical (unpaired) electrons. The Morgan fingerprint density at radius 2 is 1.61 bits per heavy atom. The molecule has 2 saturated heterocycles. The minimum atomic E-state index is -0.947. The third-order valence-corrected chi connectivity index (χ3v) is 6.97. The van der Waals surface area contributed by atoms with Crippen LogP contribution in [0, 0.1) is 11.8 Å². The van der Waals surface area contributed by atoms with E-state index < -0.39 is 35.8 Å². The largest absolute Gasteiger partial charge is 0.427 e. The first-order valence-electron chi connectivity index (χ1n) is 11.6. The summed E-state index contributed by atoms with van der Waals surface area (Å²) in [6.45, 7) is 1.30. The van der Waals surface area contributed by atoms with E-state index in [-0.39, 0.29) is 11.7 Å². The Labute approximate surface area is 206 Å². The van der Waals surface area contributed by atoms with Gasteiger partial charge in [0.05, 0.1) is 23.6 Å². The Bertz CT molecular complexity index is 1490. The highest BCUT2D eigenvalue weighted by Crippen LogP contribution is 2.47. The fourth-order valence-corrected chi connectivity index (χ4v) is 5.50. The van der Waals surface area contributed by atoms with E-state index >= 15 is 0 Å². The number of hydrogen-bond donors (Lipinski definition) is 0. The van der Waals surface area contributed by atoms with Crippen LogP contribution in [-0.2, 0) is 14.4 Å². The van der Waals surface area contributed by atoms with Crippen molar-refractivity contribution in [2.75, 3.05) is 4.90 Å². The second kappa shape index (κ2) is 8.27. The predicted molar refractivity (Wildman–Crippen MR) is 133 cm³/mol. The summed E-state index contributed by atoms with van der Waals surface area (Å²) in [5.74, 6) is -2.84. The van der Waals surface area contributed by atoms with Crippen LogP contribution in [0.5, 0.6) is 5.75 Å². The van der Waals surface area contributed by atoms with Gasteiger partial charge in [0.25, 0.3) is 0 Å². The molecule has 3 aliphatic heterocycles. The summed E-state index contributed by atoms with van der Waals surface area (Å²) in [6, 6.07) is 17.8. The van der Waals surface area contributed by atoms with Crippen molar-refractivity contribution in [3.63, 3.8) is 0 Å². The Balaban J connectivity index is 1.40. The first-order chi connectivity index (χ1) is 17.5. The first kappa shape index (κ1) is 21.9. The summed E-state index contributed by atoms with van der Waals surface area (Å²) >= 11 is 0.